The van der Waals surface area contributed by atoms with Crippen LogP contribution in [0.15, 0.2) is 71.6 Å². The monoisotopic (exact) mass is 395 g/mol. The zero-order chi connectivity index (χ0) is 21.3. The minimum absolute atomic E-state index is 0.0466. The van der Waals surface area contributed by atoms with Crippen LogP contribution in [0.2, 0.25) is 0 Å². The van der Waals surface area contributed by atoms with Gasteiger partial charge in [-0.3, -0.25) is 0 Å². The lowest BCUT2D eigenvalue weighted by molar-refractivity contribution is -0.747. The Hall–Kier alpha value is -3.70. The average molecular weight is 395 g/mol. The molecule has 0 radical (unpaired) electrons. The van der Waals surface area contributed by atoms with Gasteiger partial charge in [0.15, 0.2) is 11.9 Å². The highest BCUT2D eigenvalue weighted by atomic mass is 16.3. The summed E-state index contributed by atoms with van der Waals surface area (Å²) in [7, 11) is 0. The van der Waals surface area contributed by atoms with Crippen LogP contribution >= 0.6 is 0 Å². The van der Waals surface area contributed by atoms with Crippen molar-refractivity contribution < 1.29 is 9.67 Å². The predicted molar refractivity (Wildman–Crippen MR) is 111 cm³/mol. The third-order valence-electron chi connectivity index (χ3n) is 6.03. The molecule has 1 aliphatic heterocycles. The summed E-state index contributed by atoms with van der Waals surface area (Å²) in [6.45, 7) is 1.96. The third-order valence-corrected chi connectivity index (χ3v) is 6.03. The molecule has 1 aromatic carbocycles. The van der Waals surface area contributed by atoms with Crippen LogP contribution in [-0.2, 0) is 0 Å². The largest absolute Gasteiger partial charge is 0.762 e. The van der Waals surface area contributed by atoms with Gasteiger partial charge < -0.3 is 15.8 Å². The summed E-state index contributed by atoms with van der Waals surface area (Å²) in [4.78, 5) is 0. The molecule has 2 aromatic rings. The molecule has 0 bridgehead atoms. The maximum Gasteiger partial charge on any atom is 0.217 e. The first-order valence-corrected chi connectivity index (χ1v) is 9.89. The van der Waals surface area contributed by atoms with Gasteiger partial charge in [-0.25, -0.2) is 5.87 Å². The molecule has 6 nitrogen and oxygen atoms in total. The van der Waals surface area contributed by atoms with Gasteiger partial charge in [-0.15, -0.1) is 0 Å². The van der Waals surface area contributed by atoms with E-state index in [2.05, 4.69) is 11.4 Å². The molecular formula is C24H21N5O. The normalized spacial score (nSPS) is 25.5. The summed E-state index contributed by atoms with van der Waals surface area (Å²) in [5.74, 6) is 1.31. The van der Waals surface area contributed by atoms with Crippen molar-refractivity contribution in [2.75, 3.05) is 0 Å². The Bertz CT molecular complexity index is 1150. The molecule has 3 atom stereocenters. The SMILES string of the molecule is Cc1cccc[n+]1[C@@H]1[C@@H](c2ccccc2)C(C#N)=C(C(=C=[N-])C#N)N[C@]1(O)C1CC1. The number of aromatic nitrogens is 1. The Morgan fingerprint density at radius 3 is 2.43 bits per heavy atom. The van der Waals surface area contributed by atoms with E-state index < -0.39 is 17.7 Å². The van der Waals surface area contributed by atoms with Gasteiger partial charge in [-0.2, -0.15) is 15.1 Å². The van der Waals surface area contributed by atoms with Gasteiger partial charge >= 0.3 is 0 Å². The molecule has 1 aromatic heterocycles. The number of hydrogen-bond acceptors (Lipinski definition) is 4. The zero-order valence-corrected chi connectivity index (χ0v) is 16.6. The Morgan fingerprint density at radius 1 is 1.17 bits per heavy atom. The second-order valence-corrected chi connectivity index (χ2v) is 7.81. The molecular weight excluding hydrogens is 374 g/mol. The molecule has 2 heterocycles. The fraction of sp³-hybridized carbons (Fsp3) is 0.292. The molecule has 1 aliphatic carbocycles. The van der Waals surface area contributed by atoms with Crippen molar-refractivity contribution in [3.05, 3.63) is 88.2 Å². The minimum Gasteiger partial charge on any atom is -0.762 e. The summed E-state index contributed by atoms with van der Waals surface area (Å²) in [6.07, 6.45) is 3.57. The lowest BCUT2D eigenvalue weighted by Gasteiger charge is -2.43. The van der Waals surface area contributed by atoms with E-state index in [1.807, 2.05) is 78.2 Å². The Labute approximate surface area is 175 Å². The first-order valence-electron chi connectivity index (χ1n) is 9.89. The van der Waals surface area contributed by atoms with Gasteiger partial charge in [0.2, 0.25) is 11.8 Å². The number of nitriles is 2. The van der Waals surface area contributed by atoms with Crippen LogP contribution < -0.4 is 9.88 Å². The quantitative estimate of drug-likeness (QED) is 0.472. The first-order chi connectivity index (χ1) is 14.5. The number of aliphatic hydroxyl groups is 1. The molecule has 1 fully saturated rings. The van der Waals surface area contributed by atoms with Gasteiger partial charge in [-0.05, 0) is 18.4 Å². The van der Waals surface area contributed by atoms with Crippen molar-refractivity contribution in [1.29, 1.82) is 10.5 Å². The maximum atomic E-state index is 12.0. The summed E-state index contributed by atoms with van der Waals surface area (Å²) in [6, 6.07) is 18.9. The first kappa shape index (κ1) is 19.6. The minimum atomic E-state index is -1.41. The van der Waals surface area contributed by atoms with Crippen LogP contribution in [0, 0.1) is 35.5 Å². The molecule has 0 amide bonds. The number of aryl methyl sites for hydroxylation is 1. The number of benzene rings is 1. The summed E-state index contributed by atoms with van der Waals surface area (Å²) < 4.78 is 2.00. The topological polar surface area (TPSA) is 106 Å². The lowest BCUT2D eigenvalue weighted by Crippen LogP contribution is -2.66. The second-order valence-electron chi connectivity index (χ2n) is 7.81. The molecule has 4 rings (SSSR count). The lowest BCUT2D eigenvalue weighted by atomic mass is 9.73. The van der Waals surface area contributed by atoms with Crippen LogP contribution in [-0.4, -0.2) is 16.7 Å². The highest BCUT2D eigenvalue weighted by Gasteiger charge is 2.61. The van der Waals surface area contributed by atoms with Crippen LogP contribution in [0.4, 0.5) is 0 Å². The Kier molecular flexibility index (Phi) is 4.98. The predicted octanol–water partition coefficient (Wildman–Crippen LogP) is 2.78. The number of hydrogen-bond donors (Lipinski definition) is 2. The molecule has 2 N–H and O–H groups in total. The maximum absolute atomic E-state index is 12.0. The third kappa shape index (κ3) is 3.09. The smallest absolute Gasteiger partial charge is 0.217 e. The fourth-order valence-corrected chi connectivity index (χ4v) is 4.47. The number of nitrogens with one attached hydrogen (secondary N) is 1. The van der Waals surface area contributed by atoms with Crippen LogP contribution in [0.3, 0.4) is 0 Å². The molecule has 1 saturated carbocycles. The molecule has 30 heavy (non-hydrogen) atoms. The van der Waals surface area contributed by atoms with Crippen molar-refractivity contribution in [2.24, 2.45) is 5.92 Å². The van der Waals surface area contributed by atoms with Gasteiger partial charge in [-0.1, -0.05) is 36.4 Å². The van der Waals surface area contributed by atoms with Gasteiger partial charge in [0.25, 0.3) is 0 Å². The highest BCUT2D eigenvalue weighted by molar-refractivity contribution is 5.74. The number of allylic oxidation sites excluding steroid dienone is 2. The van der Waals surface area contributed by atoms with E-state index in [9.17, 15) is 21.0 Å². The van der Waals surface area contributed by atoms with Crippen LogP contribution in [0.1, 0.15) is 36.1 Å². The molecule has 0 saturated heterocycles. The highest BCUT2D eigenvalue weighted by Crippen LogP contribution is 2.52. The van der Waals surface area contributed by atoms with Gasteiger partial charge in [0.1, 0.15) is 6.07 Å². The van der Waals surface area contributed by atoms with Crippen molar-refractivity contribution in [3.63, 3.8) is 0 Å². The zero-order valence-electron chi connectivity index (χ0n) is 16.6. The number of rotatable bonds is 4. The number of pyridine rings is 1. The van der Waals surface area contributed by atoms with Crippen molar-refractivity contribution in [3.8, 4) is 12.1 Å². The van der Waals surface area contributed by atoms with E-state index in [0.29, 0.717) is 0 Å². The van der Waals surface area contributed by atoms with Crippen molar-refractivity contribution in [2.45, 2.75) is 37.5 Å². The second kappa shape index (κ2) is 7.61. The summed E-state index contributed by atoms with van der Waals surface area (Å²) >= 11 is 0. The molecule has 6 heteroatoms. The molecule has 2 aliphatic rings. The molecule has 148 valence electrons. The van der Waals surface area contributed by atoms with Gasteiger partial charge in [0.05, 0.1) is 28.8 Å². The molecule has 0 unspecified atom stereocenters. The van der Waals surface area contributed by atoms with Crippen LogP contribution in [0.25, 0.3) is 5.41 Å². The van der Waals surface area contributed by atoms with E-state index in [0.717, 1.165) is 24.1 Å². The van der Waals surface area contributed by atoms with E-state index >= 15 is 0 Å². The number of nitrogens with zero attached hydrogens (tertiary/aromatic N) is 4. The standard InChI is InChI=1S/C24H21N5O/c1-16-7-5-6-12-29(16)23-21(17-8-3-2-4-9-17)20(15-27)22(18(13-25)14-26)28-24(23,30)19-10-11-19/h2-9,12,19,21,23,28,30H,10-11H2,1H3/t21-,23+,24-/m0/s1. The Balaban J connectivity index is 2.06. The van der Waals surface area contributed by atoms with Crippen molar-refractivity contribution in [1.82, 2.24) is 5.32 Å². The van der Waals surface area contributed by atoms with Gasteiger partial charge in [0, 0.05) is 25.0 Å². The molecule has 0 spiro atoms. The van der Waals surface area contributed by atoms with E-state index in [1.165, 1.54) is 0 Å². The summed E-state index contributed by atoms with van der Waals surface area (Å²) in [5.41, 5.74) is 0.602. The fourth-order valence-electron chi connectivity index (χ4n) is 4.47. The van der Waals surface area contributed by atoms with Crippen LogP contribution in [0.5, 0.6) is 0 Å². The van der Waals surface area contributed by atoms with E-state index in [1.54, 1.807) is 0 Å². The summed E-state index contributed by atoms with van der Waals surface area (Å²) in [5, 5.41) is 44.2. The van der Waals surface area contributed by atoms with E-state index in [-0.39, 0.29) is 22.8 Å². The Morgan fingerprint density at radius 2 is 1.87 bits per heavy atom. The average Bonchev–Trinajstić information content (AvgIpc) is 3.62. The van der Waals surface area contributed by atoms with Crippen molar-refractivity contribution >= 4 is 5.87 Å². The van der Waals surface area contributed by atoms with E-state index in [4.69, 9.17) is 0 Å².